The molecule has 0 bridgehead atoms. The maximum absolute atomic E-state index is 12.6. The Morgan fingerprint density at radius 3 is 1.42 bits per heavy atom. The zero-order valence-corrected chi connectivity index (χ0v) is 14.5. The highest BCUT2D eigenvalue weighted by Gasteiger charge is 2.22. The van der Waals surface area contributed by atoms with Crippen LogP contribution in [0.5, 0.6) is 0 Å². The summed E-state index contributed by atoms with van der Waals surface area (Å²) in [5.41, 5.74) is 6.73. The zero-order chi connectivity index (χ0) is 16.9. The standard InChI is InChI=1S/C23H24O/c1-3-17-5-9-19(10-6-17)15-21-13-14-22(23(21)24)16-20-11-7-18(4-2)8-12-20/h5-12,15-16H,3-4,13-14H2,1-2H3. The molecule has 0 atom stereocenters. The van der Waals surface area contributed by atoms with E-state index >= 15 is 0 Å². The molecule has 1 saturated carbocycles. The van der Waals surface area contributed by atoms with Crippen LogP contribution in [0.15, 0.2) is 59.7 Å². The third kappa shape index (κ3) is 3.73. The predicted octanol–water partition coefficient (Wildman–Crippen LogP) is 5.64. The second kappa shape index (κ2) is 7.44. The first kappa shape index (κ1) is 16.4. The van der Waals surface area contributed by atoms with Gasteiger partial charge < -0.3 is 0 Å². The highest BCUT2D eigenvalue weighted by molar-refractivity contribution is 6.15. The van der Waals surface area contributed by atoms with Crippen molar-refractivity contribution in [2.45, 2.75) is 39.5 Å². The molecule has 1 fully saturated rings. The van der Waals surface area contributed by atoms with Crippen molar-refractivity contribution in [1.29, 1.82) is 0 Å². The Labute approximate surface area is 144 Å². The van der Waals surface area contributed by atoms with E-state index in [1.54, 1.807) is 0 Å². The molecule has 1 aliphatic rings. The Kier molecular flexibility index (Phi) is 5.10. The molecule has 122 valence electrons. The van der Waals surface area contributed by atoms with Crippen LogP contribution in [-0.2, 0) is 17.6 Å². The van der Waals surface area contributed by atoms with Crippen LogP contribution in [-0.4, -0.2) is 5.78 Å². The van der Waals surface area contributed by atoms with Crippen LogP contribution in [0.4, 0.5) is 0 Å². The smallest absolute Gasteiger partial charge is 0.185 e. The van der Waals surface area contributed by atoms with Gasteiger partial charge in [-0.05, 0) is 60.1 Å². The highest BCUT2D eigenvalue weighted by Crippen LogP contribution is 2.29. The van der Waals surface area contributed by atoms with Crippen LogP contribution in [0, 0.1) is 0 Å². The first-order chi connectivity index (χ1) is 11.7. The minimum Gasteiger partial charge on any atom is -0.289 e. The average Bonchev–Trinajstić information content (AvgIpc) is 2.96. The normalized spacial score (nSPS) is 17.8. The van der Waals surface area contributed by atoms with Crippen molar-refractivity contribution in [3.05, 3.63) is 81.9 Å². The molecule has 0 N–H and O–H groups in total. The fraction of sp³-hybridized carbons (Fsp3) is 0.261. The van der Waals surface area contributed by atoms with E-state index in [1.807, 2.05) is 12.2 Å². The number of benzene rings is 2. The van der Waals surface area contributed by atoms with E-state index < -0.39 is 0 Å². The zero-order valence-electron chi connectivity index (χ0n) is 14.5. The van der Waals surface area contributed by atoms with E-state index in [9.17, 15) is 4.79 Å². The van der Waals surface area contributed by atoms with Gasteiger partial charge in [0, 0.05) is 11.1 Å². The van der Waals surface area contributed by atoms with Gasteiger partial charge in [0.05, 0.1) is 0 Å². The Morgan fingerprint density at radius 1 is 0.708 bits per heavy atom. The lowest BCUT2D eigenvalue weighted by Crippen LogP contribution is -1.95. The van der Waals surface area contributed by atoms with Gasteiger partial charge in [0.2, 0.25) is 0 Å². The molecule has 0 heterocycles. The Bertz CT molecular complexity index is 706. The summed E-state index contributed by atoms with van der Waals surface area (Å²) in [7, 11) is 0. The van der Waals surface area contributed by atoms with Crippen molar-refractivity contribution in [1.82, 2.24) is 0 Å². The maximum atomic E-state index is 12.6. The summed E-state index contributed by atoms with van der Waals surface area (Å²) in [5, 5.41) is 0. The number of aryl methyl sites for hydroxylation is 2. The molecule has 0 aromatic heterocycles. The number of allylic oxidation sites excluding steroid dienone is 2. The second-order valence-electron chi connectivity index (χ2n) is 6.36. The van der Waals surface area contributed by atoms with Crippen LogP contribution in [0.3, 0.4) is 0 Å². The quantitative estimate of drug-likeness (QED) is 0.667. The van der Waals surface area contributed by atoms with Gasteiger partial charge in [0.1, 0.15) is 0 Å². The molecular formula is C23H24O. The molecule has 0 radical (unpaired) electrons. The number of hydrogen-bond acceptors (Lipinski definition) is 1. The summed E-state index contributed by atoms with van der Waals surface area (Å²) in [6.45, 7) is 4.30. The maximum Gasteiger partial charge on any atom is 0.185 e. The third-order valence-electron chi connectivity index (χ3n) is 4.70. The molecule has 1 nitrogen and oxygen atoms in total. The lowest BCUT2D eigenvalue weighted by molar-refractivity contribution is -0.111. The highest BCUT2D eigenvalue weighted by atomic mass is 16.1. The van der Waals surface area contributed by atoms with Gasteiger partial charge in [-0.15, -0.1) is 0 Å². The largest absolute Gasteiger partial charge is 0.289 e. The summed E-state index contributed by atoms with van der Waals surface area (Å²) >= 11 is 0. The first-order valence-electron chi connectivity index (χ1n) is 8.83. The van der Waals surface area contributed by atoms with E-state index in [1.165, 1.54) is 11.1 Å². The van der Waals surface area contributed by atoms with Gasteiger partial charge in [-0.25, -0.2) is 0 Å². The van der Waals surface area contributed by atoms with E-state index in [2.05, 4.69) is 62.4 Å². The van der Waals surface area contributed by atoms with Gasteiger partial charge in [-0.1, -0.05) is 62.4 Å². The first-order valence-corrected chi connectivity index (χ1v) is 8.83. The van der Waals surface area contributed by atoms with Crippen LogP contribution in [0.25, 0.3) is 12.2 Å². The number of ketones is 1. The van der Waals surface area contributed by atoms with Gasteiger partial charge in [0.15, 0.2) is 5.78 Å². The fourth-order valence-electron chi connectivity index (χ4n) is 3.08. The molecule has 2 aromatic rings. The number of rotatable bonds is 4. The molecule has 0 unspecified atom stereocenters. The van der Waals surface area contributed by atoms with Gasteiger partial charge >= 0.3 is 0 Å². The van der Waals surface area contributed by atoms with Crippen molar-refractivity contribution in [2.75, 3.05) is 0 Å². The van der Waals surface area contributed by atoms with Crippen molar-refractivity contribution >= 4 is 17.9 Å². The Hall–Kier alpha value is -2.41. The molecule has 1 heteroatoms. The Balaban J connectivity index is 1.78. The lowest BCUT2D eigenvalue weighted by Gasteiger charge is -2.00. The summed E-state index contributed by atoms with van der Waals surface area (Å²) in [6.07, 6.45) is 7.85. The van der Waals surface area contributed by atoms with Crippen molar-refractivity contribution in [2.24, 2.45) is 0 Å². The van der Waals surface area contributed by atoms with Crippen LogP contribution in [0.1, 0.15) is 48.9 Å². The molecule has 0 aliphatic heterocycles. The van der Waals surface area contributed by atoms with Gasteiger partial charge in [-0.2, -0.15) is 0 Å². The SMILES string of the molecule is CCc1ccc(C=C2CCC(=Cc3ccc(CC)cc3)C2=O)cc1. The second-order valence-corrected chi connectivity index (χ2v) is 6.36. The van der Waals surface area contributed by atoms with Crippen LogP contribution >= 0.6 is 0 Å². The summed E-state index contributed by atoms with van der Waals surface area (Å²) in [4.78, 5) is 12.6. The molecule has 1 aliphatic carbocycles. The molecular weight excluding hydrogens is 292 g/mol. The molecule has 24 heavy (non-hydrogen) atoms. The van der Waals surface area contributed by atoms with E-state index in [-0.39, 0.29) is 5.78 Å². The average molecular weight is 316 g/mol. The summed E-state index contributed by atoms with van der Waals surface area (Å²) < 4.78 is 0. The van der Waals surface area contributed by atoms with E-state index in [0.29, 0.717) is 0 Å². The van der Waals surface area contributed by atoms with Crippen molar-refractivity contribution in [3.8, 4) is 0 Å². The fourth-order valence-corrected chi connectivity index (χ4v) is 3.08. The lowest BCUT2D eigenvalue weighted by atomic mass is 10.0. The van der Waals surface area contributed by atoms with Crippen LogP contribution in [0.2, 0.25) is 0 Å². The molecule has 0 amide bonds. The topological polar surface area (TPSA) is 17.1 Å². The molecule has 3 rings (SSSR count). The number of hydrogen-bond donors (Lipinski definition) is 0. The molecule has 0 spiro atoms. The molecule has 2 aromatic carbocycles. The van der Waals surface area contributed by atoms with E-state index in [4.69, 9.17) is 0 Å². The monoisotopic (exact) mass is 316 g/mol. The van der Waals surface area contributed by atoms with Crippen molar-refractivity contribution < 1.29 is 4.79 Å². The third-order valence-corrected chi connectivity index (χ3v) is 4.70. The van der Waals surface area contributed by atoms with E-state index in [0.717, 1.165) is 48.0 Å². The predicted molar refractivity (Wildman–Crippen MR) is 102 cm³/mol. The Morgan fingerprint density at radius 2 is 1.08 bits per heavy atom. The summed E-state index contributed by atoms with van der Waals surface area (Å²) in [5.74, 6) is 0.203. The minimum atomic E-state index is 0.203. The summed E-state index contributed by atoms with van der Waals surface area (Å²) in [6, 6.07) is 17.0. The number of carbonyl (C=O) groups excluding carboxylic acids is 1. The van der Waals surface area contributed by atoms with Crippen LogP contribution < -0.4 is 0 Å². The number of Topliss-reactive ketones (excluding diaryl/α,β-unsaturated/α-hetero) is 1. The van der Waals surface area contributed by atoms with Crippen molar-refractivity contribution in [3.63, 3.8) is 0 Å². The van der Waals surface area contributed by atoms with Gasteiger partial charge in [0.25, 0.3) is 0 Å². The minimum absolute atomic E-state index is 0.203. The molecule has 0 saturated heterocycles. The van der Waals surface area contributed by atoms with Gasteiger partial charge in [-0.3, -0.25) is 4.79 Å². The number of carbonyl (C=O) groups is 1.